The van der Waals surface area contributed by atoms with Gasteiger partial charge in [-0.1, -0.05) is 38.1 Å². The summed E-state index contributed by atoms with van der Waals surface area (Å²) < 4.78 is 16.3. The van der Waals surface area contributed by atoms with E-state index < -0.39 is 0 Å². The van der Waals surface area contributed by atoms with E-state index in [1.165, 1.54) is 0 Å². The number of anilines is 1. The number of benzene rings is 2. The standard InChI is InChI=1S/C23H32N2O4/c1-7-16(2)18-10-8-9-11-19(18)24-21(26)15-25(3)14-17-12-13-20(27-4)23(29-6)22(17)28-5/h8-13,16H,7,14-15H2,1-6H3,(H,24,26). The van der Waals surface area contributed by atoms with Gasteiger partial charge in [0.2, 0.25) is 11.7 Å². The number of nitrogens with one attached hydrogen (secondary N) is 1. The molecule has 2 aromatic rings. The molecular weight excluding hydrogens is 368 g/mol. The molecule has 1 N–H and O–H groups in total. The second-order valence-electron chi connectivity index (χ2n) is 7.11. The molecule has 2 rings (SSSR count). The van der Waals surface area contributed by atoms with Gasteiger partial charge in [-0.2, -0.15) is 0 Å². The molecule has 1 unspecified atom stereocenters. The van der Waals surface area contributed by atoms with Crippen LogP contribution in [0.15, 0.2) is 36.4 Å². The van der Waals surface area contributed by atoms with Crippen molar-refractivity contribution in [3.05, 3.63) is 47.5 Å². The molecule has 6 heteroatoms. The van der Waals surface area contributed by atoms with Crippen LogP contribution in [0.25, 0.3) is 0 Å². The normalized spacial score (nSPS) is 11.8. The summed E-state index contributed by atoms with van der Waals surface area (Å²) in [7, 11) is 6.66. The van der Waals surface area contributed by atoms with Crippen molar-refractivity contribution >= 4 is 11.6 Å². The van der Waals surface area contributed by atoms with Gasteiger partial charge in [0.1, 0.15) is 0 Å². The molecule has 0 bridgehead atoms. The number of hydrogen-bond donors (Lipinski definition) is 1. The lowest BCUT2D eigenvalue weighted by Gasteiger charge is -2.21. The molecule has 29 heavy (non-hydrogen) atoms. The summed E-state index contributed by atoms with van der Waals surface area (Å²) in [5, 5.41) is 3.06. The SMILES string of the molecule is CCC(C)c1ccccc1NC(=O)CN(C)Cc1ccc(OC)c(OC)c1OC. The zero-order valence-corrected chi connectivity index (χ0v) is 18.2. The monoisotopic (exact) mass is 400 g/mol. The minimum Gasteiger partial charge on any atom is -0.493 e. The Kier molecular flexibility index (Phi) is 8.34. The molecule has 158 valence electrons. The molecule has 0 radical (unpaired) electrons. The van der Waals surface area contributed by atoms with Crippen LogP contribution in [0.4, 0.5) is 5.69 Å². The van der Waals surface area contributed by atoms with Crippen LogP contribution >= 0.6 is 0 Å². The number of carbonyl (C=O) groups excluding carboxylic acids is 1. The summed E-state index contributed by atoms with van der Waals surface area (Å²) in [6.45, 7) is 5.10. The Balaban J connectivity index is 2.08. The number of likely N-dealkylation sites (N-methyl/N-ethyl adjacent to an activating group) is 1. The zero-order valence-electron chi connectivity index (χ0n) is 18.2. The number of ether oxygens (including phenoxy) is 3. The number of carbonyl (C=O) groups is 1. The molecule has 0 aliphatic rings. The molecule has 0 saturated heterocycles. The predicted molar refractivity (Wildman–Crippen MR) is 116 cm³/mol. The van der Waals surface area contributed by atoms with Gasteiger partial charge in [-0.05, 0) is 37.1 Å². The van der Waals surface area contributed by atoms with Crippen LogP contribution in [-0.4, -0.2) is 45.7 Å². The van der Waals surface area contributed by atoms with E-state index in [9.17, 15) is 4.79 Å². The van der Waals surface area contributed by atoms with Gasteiger partial charge in [0.25, 0.3) is 0 Å². The molecule has 0 aliphatic heterocycles. The van der Waals surface area contributed by atoms with E-state index in [1.54, 1.807) is 21.3 Å². The molecule has 0 aromatic heterocycles. The Morgan fingerprint density at radius 2 is 1.72 bits per heavy atom. The molecule has 0 aliphatic carbocycles. The van der Waals surface area contributed by atoms with Gasteiger partial charge in [-0.3, -0.25) is 9.69 Å². The maximum Gasteiger partial charge on any atom is 0.238 e. The van der Waals surface area contributed by atoms with Gasteiger partial charge >= 0.3 is 0 Å². The first-order valence-corrected chi connectivity index (χ1v) is 9.80. The summed E-state index contributed by atoms with van der Waals surface area (Å²) in [4.78, 5) is 14.6. The van der Waals surface area contributed by atoms with Crippen LogP contribution in [0.1, 0.15) is 37.3 Å². The topological polar surface area (TPSA) is 60.0 Å². The number of para-hydroxylation sites is 1. The average molecular weight is 401 g/mol. The highest BCUT2D eigenvalue weighted by Gasteiger charge is 2.18. The first kappa shape index (κ1) is 22.6. The van der Waals surface area contributed by atoms with E-state index in [0.29, 0.717) is 29.7 Å². The van der Waals surface area contributed by atoms with Crippen LogP contribution < -0.4 is 19.5 Å². The Labute approximate surface area is 173 Å². The van der Waals surface area contributed by atoms with Gasteiger partial charge in [0.05, 0.1) is 27.9 Å². The van der Waals surface area contributed by atoms with Crippen LogP contribution in [-0.2, 0) is 11.3 Å². The summed E-state index contributed by atoms with van der Waals surface area (Å²) in [6, 6.07) is 11.7. The van der Waals surface area contributed by atoms with E-state index >= 15 is 0 Å². The first-order chi connectivity index (χ1) is 13.9. The molecule has 1 amide bonds. The third-order valence-electron chi connectivity index (χ3n) is 5.02. The molecule has 0 saturated carbocycles. The smallest absolute Gasteiger partial charge is 0.238 e. The van der Waals surface area contributed by atoms with Gasteiger partial charge in [-0.15, -0.1) is 0 Å². The second kappa shape index (κ2) is 10.7. The Morgan fingerprint density at radius 3 is 2.34 bits per heavy atom. The molecule has 0 fully saturated rings. The van der Waals surface area contributed by atoms with Crippen molar-refractivity contribution in [2.24, 2.45) is 0 Å². The molecule has 0 heterocycles. The minimum absolute atomic E-state index is 0.0531. The van der Waals surface area contributed by atoms with Gasteiger partial charge in [0.15, 0.2) is 11.5 Å². The van der Waals surface area contributed by atoms with Crippen molar-refractivity contribution in [1.29, 1.82) is 0 Å². The number of amides is 1. The summed E-state index contributed by atoms with van der Waals surface area (Å²) in [5.74, 6) is 2.10. The average Bonchev–Trinajstić information content (AvgIpc) is 2.72. The predicted octanol–water partition coefficient (Wildman–Crippen LogP) is 4.30. The van der Waals surface area contributed by atoms with Crippen LogP contribution in [0.5, 0.6) is 17.2 Å². The lowest BCUT2D eigenvalue weighted by atomic mass is 9.97. The summed E-state index contributed by atoms with van der Waals surface area (Å²) in [6.07, 6.45) is 1.02. The van der Waals surface area contributed by atoms with Gasteiger partial charge < -0.3 is 19.5 Å². The Hall–Kier alpha value is -2.73. The lowest BCUT2D eigenvalue weighted by molar-refractivity contribution is -0.117. The molecule has 6 nitrogen and oxygen atoms in total. The second-order valence-corrected chi connectivity index (χ2v) is 7.11. The summed E-state index contributed by atoms with van der Waals surface area (Å²) >= 11 is 0. The number of hydrogen-bond acceptors (Lipinski definition) is 5. The van der Waals surface area contributed by atoms with Crippen molar-refractivity contribution in [1.82, 2.24) is 4.90 Å². The van der Waals surface area contributed by atoms with Crippen molar-refractivity contribution in [3.8, 4) is 17.2 Å². The fraction of sp³-hybridized carbons (Fsp3) is 0.435. The van der Waals surface area contributed by atoms with Crippen LogP contribution in [0.2, 0.25) is 0 Å². The van der Waals surface area contributed by atoms with Gasteiger partial charge in [0, 0.05) is 17.8 Å². The third kappa shape index (κ3) is 5.64. The van der Waals surface area contributed by atoms with E-state index in [0.717, 1.165) is 23.2 Å². The van der Waals surface area contributed by atoms with Crippen molar-refractivity contribution in [2.45, 2.75) is 32.7 Å². The number of methoxy groups -OCH3 is 3. The maximum absolute atomic E-state index is 12.6. The minimum atomic E-state index is -0.0531. The fourth-order valence-electron chi connectivity index (χ4n) is 3.33. The zero-order chi connectivity index (χ0) is 21.4. The maximum atomic E-state index is 12.6. The van der Waals surface area contributed by atoms with E-state index in [2.05, 4.69) is 25.2 Å². The number of nitrogens with zero attached hydrogens (tertiary/aromatic N) is 1. The molecule has 1 atom stereocenters. The van der Waals surface area contributed by atoms with E-state index in [1.807, 2.05) is 42.3 Å². The summed E-state index contributed by atoms with van der Waals surface area (Å²) in [5.41, 5.74) is 2.96. The largest absolute Gasteiger partial charge is 0.493 e. The van der Waals surface area contributed by atoms with E-state index in [4.69, 9.17) is 14.2 Å². The Bertz CT molecular complexity index is 823. The lowest BCUT2D eigenvalue weighted by Crippen LogP contribution is -2.30. The van der Waals surface area contributed by atoms with Gasteiger partial charge in [-0.25, -0.2) is 0 Å². The van der Waals surface area contributed by atoms with Crippen LogP contribution in [0.3, 0.4) is 0 Å². The molecule has 0 spiro atoms. The van der Waals surface area contributed by atoms with Crippen molar-refractivity contribution in [2.75, 3.05) is 40.2 Å². The molecule has 2 aromatic carbocycles. The van der Waals surface area contributed by atoms with Crippen molar-refractivity contribution in [3.63, 3.8) is 0 Å². The highest BCUT2D eigenvalue weighted by atomic mass is 16.5. The van der Waals surface area contributed by atoms with Crippen molar-refractivity contribution < 1.29 is 19.0 Å². The van der Waals surface area contributed by atoms with Crippen LogP contribution in [0, 0.1) is 0 Å². The first-order valence-electron chi connectivity index (χ1n) is 9.80. The molecular formula is C23H32N2O4. The third-order valence-corrected chi connectivity index (χ3v) is 5.02. The quantitative estimate of drug-likeness (QED) is 0.644. The fourth-order valence-corrected chi connectivity index (χ4v) is 3.33. The highest BCUT2D eigenvalue weighted by molar-refractivity contribution is 5.93. The van der Waals surface area contributed by atoms with E-state index in [-0.39, 0.29) is 12.5 Å². The number of rotatable bonds is 10. The Morgan fingerprint density at radius 1 is 1.03 bits per heavy atom. The highest BCUT2D eigenvalue weighted by Crippen LogP contribution is 2.40.